The van der Waals surface area contributed by atoms with Gasteiger partial charge in [0.15, 0.2) is 0 Å². The lowest BCUT2D eigenvalue weighted by molar-refractivity contribution is 0.0953. The van der Waals surface area contributed by atoms with E-state index in [0.29, 0.717) is 30.3 Å². The van der Waals surface area contributed by atoms with Gasteiger partial charge in [0.1, 0.15) is 0 Å². The Balaban J connectivity index is 1.54. The summed E-state index contributed by atoms with van der Waals surface area (Å²) in [5.41, 5.74) is 9.94. The Hall–Kier alpha value is -2.64. The summed E-state index contributed by atoms with van der Waals surface area (Å²) in [7, 11) is 0. The molecule has 5 rings (SSSR count). The van der Waals surface area contributed by atoms with Crippen LogP contribution >= 0.6 is 27.3 Å². The average molecular weight is 482 g/mol. The van der Waals surface area contributed by atoms with Crippen LogP contribution in [0.15, 0.2) is 53.0 Å². The Morgan fingerprint density at radius 2 is 1.87 bits per heavy atom. The summed E-state index contributed by atoms with van der Waals surface area (Å²) in [4.78, 5) is 29.5. The molecule has 0 radical (unpaired) electrons. The highest BCUT2D eigenvalue weighted by molar-refractivity contribution is 9.10. The van der Waals surface area contributed by atoms with Gasteiger partial charge < -0.3 is 16.0 Å². The van der Waals surface area contributed by atoms with Crippen molar-refractivity contribution >= 4 is 50.5 Å². The number of anilines is 2. The molecule has 0 bridgehead atoms. The van der Waals surface area contributed by atoms with Crippen molar-refractivity contribution in [1.29, 1.82) is 0 Å². The molecule has 0 unspecified atom stereocenters. The van der Waals surface area contributed by atoms with E-state index in [2.05, 4.69) is 21.2 Å². The molecule has 1 aliphatic carbocycles. The Kier molecular flexibility index (Phi) is 4.87. The van der Waals surface area contributed by atoms with Crippen molar-refractivity contribution in [1.82, 2.24) is 5.32 Å². The van der Waals surface area contributed by atoms with Crippen LogP contribution in [-0.4, -0.2) is 24.4 Å². The highest BCUT2D eigenvalue weighted by Crippen LogP contribution is 2.43. The van der Waals surface area contributed by atoms with Crippen molar-refractivity contribution in [3.8, 4) is 10.4 Å². The number of amides is 2. The number of nitrogens with one attached hydrogen (secondary N) is 1. The van der Waals surface area contributed by atoms with Gasteiger partial charge in [0, 0.05) is 38.8 Å². The van der Waals surface area contributed by atoms with Gasteiger partial charge in [-0.15, -0.1) is 11.3 Å². The van der Waals surface area contributed by atoms with Gasteiger partial charge in [0.05, 0.1) is 10.6 Å². The highest BCUT2D eigenvalue weighted by atomic mass is 79.9. The normalized spacial score (nSPS) is 15.2. The van der Waals surface area contributed by atoms with Crippen LogP contribution in [0.1, 0.15) is 38.4 Å². The zero-order chi connectivity index (χ0) is 20.8. The molecule has 1 aliphatic heterocycles. The quantitative estimate of drug-likeness (QED) is 0.524. The van der Waals surface area contributed by atoms with Crippen molar-refractivity contribution < 1.29 is 9.59 Å². The molecule has 152 valence electrons. The first kappa shape index (κ1) is 19.3. The summed E-state index contributed by atoms with van der Waals surface area (Å²) < 4.78 is 0.936. The van der Waals surface area contributed by atoms with Crippen molar-refractivity contribution in [3.63, 3.8) is 0 Å². The van der Waals surface area contributed by atoms with Gasteiger partial charge in [-0.1, -0.05) is 15.9 Å². The Morgan fingerprint density at radius 3 is 2.60 bits per heavy atom. The lowest BCUT2D eigenvalue weighted by Crippen LogP contribution is -2.32. The number of fused-ring (bicyclic) bond motifs is 3. The summed E-state index contributed by atoms with van der Waals surface area (Å²) in [5, 5.41) is 3.07. The number of hydrogen-bond donors (Lipinski definition) is 2. The molecule has 3 N–H and O–H groups in total. The zero-order valence-electron chi connectivity index (χ0n) is 16.2. The molecule has 7 heteroatoms. The number of nitrogens with zero attached hydrogens (tertiary/aromatic N) is 1. The molecule has 30 heavy (non-hydrogen) atoms. The molecular weight excluding hydrogens is 462 g/mol. The Bertz CT molecular complexity index is 1150. The first-order chi connectivity index (χ1) is 14.5. The number of halogens is 1. The van der Waals surface area contributed by atoms with Crippen LogP contribution in [0, 0.1) is 0 Å². The number of rotatable bonds is 3. The molecule has 3 aromatic rings. The predicted molar refractivity (Wildman–Crippen MR) is 124 cm³/mol. The van der Waals surface area contributed by atoms with E-state index in [1.165, 1.54) is 11.3 Å². The van der Waals surface area contributed by atoms with Crippen molar-refractivity contribution in [2.24, 2.45) is 0 Å². The fourth-order valence-electron chi connectivity index (χ4n) is 3.71. The van der Waals surface area contributed by atoms with E-state index in [0.717, 1.165) is 43.9 Å². The topological polar surface area (TPSA) is 75.4 Å². The summed E-state index contributed by atoms with van der Waals surface area (Å²) in [6, 6.07) is 15.3. The van der Waals surface area contributed by atoms with Gasteiger partial charge in [-0.05, 0) is 73.4 Å². The number of carbonyl (C=O) groups excluding carboxylic acids is 2. The maximum atomic E-state index is 13.3. The maximum Gasteiger partial charge on any atom is 0.261 e. The largest absolute Gasteiger partial charge is 0.399 e. The van der Waals surface area contributed by atoms with Crippen LogP contribution in [-0.2, 0) is 6.42 Å². The molecule has 2 heterocycles. The number of benzene rings is 2. The molecule has 2 aromatic carbocycles. The molecule has 0 saturated heterocycles. The molecule has 2 aliphatic rings. The van der Waals surface area contributed by atoms with E-state index in [9.17, 15) is 9.59 Å². The Labute approximate surface area is 187 Å². The lowest BCUT2D eigenvalue weighted by atomic mass is 10.1. The van der Waals surface area contributed by atoms with E-state index in [1.54, 1.807) is 24.3 Å². The highest BCUT2D eigenvalue weighted by Gasteiger charge is 2.29. The second-order valence-electron chi connectivity index (χ2n) is 7.70. The fourth-order valence-corrected chi connectivity index (χ4v) is 5.21. The van der Waals surface area contributed by atoms with Crippen LogP contribution in [0.2, 0.25) is 0 Å². The van der Waals surface area contributed by atoms with E-state index in [1.807, 2.05) is 29.2 Å². The number of carbonyl (C=O) groups is 2. The summed E-state index contributed by atoms with van der Waals surface area (Å²) in [5.74, 6) is -0.0534. The summed E-state index contributed by atoms with van der Waals surface area (Å²) >= 11 is 5.06. The smallest absolute Gasteiger partial charge is 0.261 e. The average Bonchev–Trinajstić information content (AvgIpc) is 3.47. The number of nitrogen functional groups attached to an aromatic ring is 1. The van der Waals surface area contributed by atoms with Crippen LogP contribution in [0.5, 0.6) is 0 Å². The predicted octanol–water partition coefficient (Wildman–Crippen LogP) is 4.85. The molecular formula is C23H20BrN3O2S. The van der Waals surface area contributed by atoms with Gasteiger partial charge in [-0.3, -0.25) is 9.59 Å². The lowest BCUT2D eigenvalue weighted by Gasteiger charge is -2.23. The molecule has 2 amide bonds. The third kappa shape index (κ3) is 3.63. The van der Waals surface area contributed by atoms with Gasteiger partial charge in [0.25, 0.3) is 11.8 Å². The minimum atomic E-state index is -0.0552. The van der Waals surface area contributed by atoms with Gasteiger partial charge >= 0.3 is 0 Å². The van der Waals surface area contributed by atoms with Crippen molar-refractivity contribution in [3.05, 3.63) is 69.0 Å². The molecule has 1 fully saturated rings. The van der Waals surface area contributed by atoms with E-state index in [4.69, 9.17) is 5.73 Å². The van der Waals surface area contributed by atoms with Crippen LogP contribution < -0.4 is 16.0 Å². The first-order valence-electron chi connectivity index (χ1n) is 9.90. The minimum absolute atomic E-state index is 0.00178. The van der Waals surface area contributed by atoms with Crippen molar-refractivity contribution in [2.45, 2.75) is 25.3 Å². The summed E-state index contributed by atoms with van der Waals surface area (Å²) in [6.45, 7) is 0.547. The van der Waals surface area contributed by atoms with E-state index in [-0.39, 0.29) is 11.8 Å². The second kappa shape index (κ2) is 7.56. The molecule has 1 saturated carbocycles. The molecule has 5 nitrogen and oxygen atoms in total. The summed E-state index contributed by atoms with van der Waals surface area (Å²) in [6.07, 6.45) is 2.82. The zero-order valence-corrected chi connectivity index (χ0v) is 18.6. The second-order valence-corrected chi connectivity index (χ2v) is 9.67. The van der Waals surface area contributed by atoms with Crippen LogP contribution in [0.3, 0.4) is 0 Å². The maximum absolute atomic E-state index is 13.3. The Morgan fingerprint density at radius 1 is 1.10 bits per heavy atom. The molecule has 0 spiro atoms. The van der Waals surface area contributed by atoms with Gasteiger partial charge in [0.2, 0.25) is 0 Å². The SMILES string of the molecule is Nc1ccc(C(=O)N2CCc3cc(C(=O)NC4CC4)sc3-c3cc(Br)ccc32)cc1. The fraction of sp³-hybridized carbons (Fsp3) is 0.217. The first-order valence-corrected chi connectivity index (χ1v) is 11.5. The molecule has 0 atom stereocenters. The van der Waals surface area contributed by atoms with Crippen LogP contribution in [0.25, 0.3) is 10.4 Å². The monoisotopic (exact) mass is 481 g/mol. The van der Waals surface area contributed by atoms with Gasteiger partial charge in [-0.25, -0.2) is 0 Å². The minimum Gasteiger partial charge on any atom is -0.399 e. The van der Waals surface area contributed by atoms with Crippen LogP contribution in [0.4, 0.5) is 11.4 Å². The third-order valence-electron chi connectivity index (χ3n) is 5.45. The number of thiophene rings is 1. The van der Waals surface area contributed by atoms with Gasteiger partial charge in [-0.2, -0.15) is 0 Å². The van der Waals surface area contributed by atoms with E-state index >= 15 is 0 Å². The standard InChI is InChI=1S/C23H20BrN3O2S/c24-15-3-8-19-18(12-15)21-14(11-20(30-21)22(28)26-17-6-7-17)9-10-27(19)23(29)13-1-4-16(25)5-2-13/h1-5,8,11-12,17H,6-7,9-10,25H2,(H,26,28). The molecule has 1 aromatic heterocycles. The third-order valence-corrected chi connectivity index (χ3v) is 7.15. The number of nitrogens with two attached hydrogens (primary N) is 1. The number of hydrogen-bond acceptors (Lipinski definition) is 4. The van der Waals surface area contributed by atoms with Crippen molar-refractivity contribution in [2.75, 3.05) is 17.2 Å². The van der Waals surface area contributed by atoms with E-state index < -0.39 is 0 Å².